The molecule has 4 heterocycles. The number of nitrogens with zero attached hydrogens (tertiary/aromatic N) is 5. The molecular weight excluding hydrogens is 758 g/mol. The third-order valence-corrected chi connectivity index (χ3v) is 13.3. The third-order valence-electron chi connectivity index (χ3n) is 13.0. The molecule has 5 amide bonds. The van der Waals surface area contributed by atoms with E-state index in [0.717, 1.165) is 74.9 Å². The molecule has 8 rings (SSSR count). The number of anilines is 2. The zero-order chi connectivity index (χ0) is 41.1. The number of piperazine rings is 1. The standard InChI is InChI=1S/C44H48ClN7O6/c1-43(2)41(44(3,4)42(43)58-31-11-7-28(24-46)34(45)22-31)48-37(54)27-5-8-29(9-6-27)50-15-13-26(14-16-50)25-49-17-19-51(20-18-49)30-10-12-32-33(21-30)40(57)52(39(32)56)35-23-36(53)47-38(35)55/h5-12,21-22,26,35,41-42H,13-20,23,25H2,1-4H3,(H,48,54)(H,47,53,55). The van der Waals surface area contributed by atoms with E-state index in [2.05, 4.69) is 59.1 Å². The van der Waals surface area contributed by atoms with Crippen molar-refractivity contribution in [1.82, 2.24) is 20.4 Å². The Morgan fingerprint density at radius 1 is 0.845 bits per heavy atom. The van der Waals surface area contributed by atoms with Crippen LogP contribution >= 0.6 is 11.6 Å². The predicted molar refractivity (Wildman–Crippen MR) is 218 cm³/mol. The number of fused-ring (bicyclic) bond motifs is 1. The van der Waals surface area contributed by atoms with Gasteiger partial charge in [0.15, 0.2) is 0 Å². The Morgan fingerprint density at radius 3 is 2.10 bits per heavy atom. The summed E-state index contributed by atoms with van der Waals surface area (Å²) in [6.45, 7) is 14.7. The first-order valence-corrected chi connectivity index (χ1v) is 20.4. The summed E-state index contributed by atoms with van der Waals surface area (Å²) in [5, 5.41) is 15.0. The van der Waals surface area contributed by atoms with Gasteiger partial charge in [-0.05, 0) is 73.4 Å². The number of rotatable bonds is 9. The molecule has 0 aromatic heterocycles. The molecule has 0 radical (unpaired) electrons. The van der Waals surface area contributed by atoms with Crippen molar-refractivity contribution in [1.29, 1.82) is 5.26 Å². The molecule has 5 aliphatic rings. The van der Waals surface area contributed by atoms with Gasteiger partial charge >= 0.3 is 0 Å². The van der Waals surface area contributed by atoms with Gasteiger partial charge in [-0.2, -0.15) is 5.26 Å². The molecule has 0 spiro atoms. The molecule has 14 heteroatoms. The molecule has 1 saturated carbocycles. The number of ether oxygens (including phenoxy) is 1. The molecule has 2 N–H and O–H groups in total. The molecule has 3 saturated heterocycles. The van der Waals surface area contributed by atoms with Crippen LogP contribution in [0.5, 0.6) is 5.75 Å². The van der Waals surface area contributed by atoms with Gasteiger partial charge in [0.2, 0.25) is 11.8 Å². The number of nitrogens with one attached hydrogen (secondary N) is 2. The van der Waals surface area contributed by atoms with Crippen molar-refractivity contribution >= 4 is 52.5 Å². The summed E-state index contributed by atoms with van der Waals surface area (Å²) in [6, 6.07) is 19.1. The summed E-state index contributed by atoms with van der Waals surface area (Å²) in [6.07, 6.45) is 1.77. The highest BCUT2D eigenvalue weighted by Crippen LogP contribution is 2.55. The van der Waals surface area contributed by atoms with E-state index in [-0.39, 0.29) is 46.4 Å². The maximum Gasteiger partial charge on any atom is 0.262 e. The van der Waals surface area contributed by atoms with Crippen LogP contribution in [-0.2, 0) is 9.59 Å². The Balaban J connectivity index is 0.791. The van der Waals surface area contributed by atoms with Gasteiger partial charge in [-0.3, -0.25) is 39.1 Å². The van der Waals surface area contributed by atoms with Crippen molar-refractivity contribution in [3.8, 4) is 11.8 Å². The first-order valence-electron chi connectivity index (χ1n) is 20.0. The summed E-state index contributed by atoms with van der Waals surface area (Å²) in [5.41, 5.74) is 2.83. The maximum absolute atomic E-state index is 13.5. The Hall–Kier alpha value is -5.45. The number of carbonyl (C=O) groups is 5. The maximum atomic E-state index is 13.5. The molecule has 13 nitrogen and oxygen atoms in total. The SMILES string of the molecule is CC1(C)C(NC(=O)c2ccc(N3CCC(CN4CCN(c5ccc6c(c5)C(=O)N(C5CC(=O)NC5=O)C6=O)CC4)CC3)cc2)C(C)(C)C1Oc1ccc(C#N)c(Cl)c1. The predicted octanol–water partition coefficient (Wildman–Crippen LogP) is 4.87. The fourth-order valence-corrected chi connectivity index (χ4v) is 10.2. The Labute approximate surface area is 343 Å². The molecule has 0 bridgehead atoms. The second kappa shape index (κ2) is 15.1. The van der Waals surface area contributed by atoms with Gasteiger partial charge in [-0.15, -0.1) is 0 Å². The Bertz CT molecular complexity index is 2200. The van der Waals surface area contributed by atoms with E-state index in [1.807, 2.05) is 30.3 Å². The molecule has 58 heavy (non-hydrogen) atoms. The number of benzene rings is 3. The number of halogens is 1. The lowest BCUT2D eigenvalue weighted by atomic mass is 9.49. The molecule has 3 aromatic carbocycles. The second-order valence-electron chi connectivity index (χ2n) is 17.4. The van der Waals surface area contributed by atoms with E-state index in [9.17, 15) is 29.2 Å². The van der Waals surface area contributed by atoms with Crippen LogP contribution in [0, 0.1) is 28.1 Å². The zero-order valence-corrected chi connectivity index (χ0v) is 34.0. The van der Waals surface area contributed by atoms with E-state index in [1.165, 1.54) is 0 Å². The second-order valence-corrected chi connectivity index (χ2v) is 17.8. The quantitative estimate of drug-likeness (QED) is 0.286. The van der Waals surface area contributed by atoms with Gasteiger partial charge in [-0.1, -0.05) is 39.3 Å². The summed E-state index contributed by atoms with van der Waals surface area (Å²) in [5.74, 6) is -1.11. The lowest BCUT2D eigenvalue weighted by Gasteiger charge is -2.63. The largest absolute Gasteiger partial charge is 0.489 e. The lowest BCUT2D eigenvalue weighted by Crippen LogP contribution is -2.74. The molecule has 4 fully saturated rings. The van der Waals surface area contributed by atoms with E-state index in [4.69, 9.17) is 16.3 Å². The van der Waals surface area contributed by atoms with Crippen molar-refractivity contribution in [3.63, 3.8) is 0 Å². The van der Waals surface area contributed by atoms with Crippen molar-refractivity contribution in [2.45, 2.75) is 65.1 Å². The topological polar surface area (TPSA) is 155 Å². The summed E-state index contributed by atoms with van der Waals surface area (Å²) >= 11 is 6.25. The summed E-state index contributed by atoms with van der Waals surface area (Å²) in [7, 11) is 0. The average Bonchev–Trinajstić information content (AvgIpc) is 3.67. The lowest BCUT2D eigenvalue weighted by molar-refractivity contribution is -0.164. The van der Waals surface area contributed by atoms with Crippen LogP contribution in [-0.4, -0.2) is 103 Å². The first kappa shape index (κ1) is 39.4. The number of amides is 5. The molecule has 1 atom stereocenters. The highest BCUT2D eigenvalue weighted by atomic mass is 35.5. The Kier molecular flexibility index (Phi) is 10.2. The molecule has 4 aliphatic heterocycles. The van der Waals surface area contributed by atoms with Gasteiger partial charge in [0, 0.05) is 85.7 Å². The zero-order valence-electron chi connectivity index (χ0n) is 33.2. The van der Waals surface area contributed by atoms with Gasteiger partial charge < -0.3 is 19.9 Å². The number of hydrogen-bond donors (Lipinski definition) is 2. The van der Waals surface area contributed by atoms with Crippen molar-refractivity contribution < 1.29 is 28.7 Å². The van der Waals surface area contributed by atoms with E-state index in [1.54, 1.807) is 30.3 Å². The van der Waals surface area contributed by atoms with Crippen LogP contribution in [0.15, 0.2) is 60.7 Å². The molecule has 3 aromatic rings. The average molecular weight is 806 g/mol. The number of nitriles is 1. The summed E-state index contributed by atoms with van der Waals surface area (Å²) < 4.78 is 6.38. The number of piperidine rings is 1. The monoisotopic (exact) mass is 805 g/mol. The van der Waals surface area contributed by atoms with Crippen molar-refractivity contribution in [3.05, 3.63) is 87.9 Å². The molecule has 1 unspecified atom stereocenters. The summed E-state index contributed by atoms with van der Waals surface area (Å²) in [4.78, 5) is 71.7. The number of carbonyl (C=O) groups excluding carboxylic acids is 5. The van der Waals surface area contributed by atoms with Crippen LogP contribution in [0.4, 0.5) is 11.4 Å². The van der Waals surface area contributed by atoms with Crippen LogP contribution in [0.1, 0.15) is 83.6 Å². The highest BCUT2D eigenvalue weighted by molar-refractivity contribution is 6.31. The van der Waals surface area contributed by atoms with Gasteiger partial charge in [0.05, 0.1) is 28.1 Å². The van der Waals surface area contributed by atoms with Crippen LogP contribution in [0.2, 0.25) is 5.02 Å². The van der Waals surface area contributed by atoms with E-state index in [0.29, 0.717) is 27.8 Å². The van der Waals surface area contributed by atoms with Gasteiger partial charge in [-0.25, -0.2) is 0 Å². The normalized spacial score (nSPS) is 24.3. The fraction of sp³-hybridized carbons (Fsp3) is 0.455. The van der Waals surface area contributed by atoms with Crippen LogP contribution in [0.3, 0.4) is 0 Å². The number of hydrogen-bond acceptors (Lipinski definition) is 10. The van der Waals surface area contributed by atoms with Crippen molar-refractivity contribution in [2.24, 2.45) is 16.7 Å². The van der Waals surface area contributed by atoms with E-state index >= 15 is 0 Å². The van der Waals surface area contributed by atoms with Crippen LogP contribution < -0.4 is 25.2 Å². The minimum absolute atomic E-state index is 0.115. The van der Waals surface area contributed by atoms with Crippen molar-refractivity contribution in [2.75, 3.05) is 55.6 Å². The molecule has 1 aliphatic carbocycles. The van der Waals surface area contributed by atoms with Gasteiger partial charge in [0.1, 0.15) is 24.0 Å². The molecular formula is C44H48ClN7O6. The minimum atomic E-state index is -1.10. The highest BCUT2D eigenvalue weighted by Gasteiger charge is 2.64. The Morgan fingerprint density at radius 2 is 1.48 bits per heavy atom. The fourth-order valence-electron chi connectivity index (χ4n) is 10.0. The third kappa shape index (κ3) is 7.06. The molecule has 302 valence electrons. The first-order chi connectivity index (χ1) is 27.6. The van der Waals surface area contributed by atoms with E-state index < -0.39 is 29.7 Å². The van der Waals surface area contributed by atoms with Gasteiger partial charge in [0.25, 0.3) is 17.7 Å². The smallest absolute Gasteiger partial charge is 0.262 e. The minimum Gasteiger partial charge on any atom is -0.489 e. The van der Waals surface area contributed by atoms with Crippen LogP contribution in [0.25, 0.3) is 0 Å². The number of imide groups is 2.